The predicted octanol–water partition coefficient (Wildman–Crippen LogP) is 5.02. The molecule has 0 aliphatic carbocycles. The van der Waals surface area contributed by atoms with Gasteiger partial charge in [-0.2, -0.15) is 13.2 Å². The van der Waals surface area contributed by atoms with Crippen LogP contribution in [0.1, 0.15) is 11.3 Å². The molecule has 0 fully saturated rings. The fourth-order valence-electron chi connectivity index (χ4n) is 2.66. The molecule has 29 heavy (non-hydrogen) atoms. The average molecular weight is 497 g/mol. The first-order valence-corrected chi connectivity index (χ1v) is 10.00. The Morgan fingerprint density at radius 2 is 1.66 bits per heavy atom. The minimum atomic E-state index is -5.03. The van der Waals surface area contributed by atoms with Gasteiger partial charge in [0.25, 0.3) is 0 Å². The van der Waals surface area contributed by atoms with Gasteiger partial charge < -0.3 is 4.52 Å². The molecule has 2 N–H and O–H groups in total. The molecule has 0 aliphatic heterocycles. The molecule has 12 heteroatoms. The quantitative estimate of drug-likeness (QED) is 0.515. The van der Waals surface area contributed by atoms with Crippen LogP contribution in [0.25, 0.3) is 22.4 Å². The summed E-state index contributed by atoms with van der Waals surface area (Å²) >= 11 is 3.24. The first kappa shape index (κ1) is 21.4. The fraction of sp³-hybridized carbons (Fsp3) is 0.118. The van der Waals surface area contributed by atoms with Crippen molar-refractivity contribution in [3.8, 4) is 22.4 Å². The highest BCUT2D eigenvalue weighted by molar-refractivity contribution is 9.10. The second kappa shape index (κ2) is 7.18. The lowest BCUT2D eigenvalue weighted by atomic mass is 9.98. The molecule has 3 aromatic rings. The van der Waals surface area contributed by atoms with Gasteiger partial charge >= 0.3 is 6.18 Å². The Hall–Kier alpha value is -2.31. The van der Waals surface area contributed by atoms with Crippen LogP contribution in [0.5, 0.6) is 0 Å². The van der Waals surface area contributed by atoms with Crippen molar-refractivity contribution in [1.82, 2.24) is 5.16 Å². The van der Waals surface area contributed by atoms with E-state index in [1.165, 1.54) is 12.1 Å². The summed E-state index contributed by atoms with van der Waals surface area (Å²) in [4.78, 5) is -1.45. The number of alkyl halides is 3. The normalized spacial score (nSPS) is 12.4. The highest BCUT2D eigenvalue weighted by Crippen LogP contribution is 2.44. The first-order chi connectivity index (χ1) is 13.3. The van der Waals surface area contributed by atoms with Crippen molar-refractivity contribution in [2.24, 2.45) is 5.14 Å². The Balaban J connectivity index is 2.34. The summed E-state index contributed by atoms with van der Waals surface area (Å²) in [5.41, 5.74) is -0.739. The van der Waals surface area contributed by atoms with Gasteiger partial charge in [-0.25, -0.2) is 22.3 Å². The maximum atomic E-state index is 14.2. The van der Waals surface area contributed by atoms with Gasteiger partial charge in [0, 0.05) is 10.0 Å². The number of hydrogen-bond acceptors (Lipinski definition) is 4. The van der Waals surface area contributed by atoms with Crippen LogP contribution in [0, 0.1) is 18.6 Å². The van der Waals surface area contributed by atoms with Crippen molar-refractivity contribution < 1.29 is 34.9 Å². The number of nitrogens with two attached hydrogens (primary N) is 1. The molecule has 0 amide bonds. The summed E-state index contributed by atoms with van der Waals surface area (Å²) in [6.07, 6.45) is -5.03. The third-order valence-electron chi connectivity index (χ3n) is 3.97. The topological polar surface area (TPSA) is 86.2 Å². The number of rotatable bonds is 3. The average Bonchev–Trinajstić information content (AvgIpc) is 3.00. The molecule has 3 rings (SSSR count). The fourth-order valence-corrected chi connectivity index (χ4v) is 3.70. The Bertz CT molecular complexity index is 1200. The summed E-state index contributed by atoms with van der Waals surface area (Å²) in [5, 5.41) is 8.18. The van der Waals surface area contributed by atoms with E-state index >= 15 is 0 Å². The van der Waals surface area contributed by atoms with Gasteiger partial charge in [0.15, 0.2) is 4.90 Å². The predicted molar refractivity (Wildman–Crippen MR) is 96.1 cm³/mol. The summed E-state index contributed by atoms with van der Waals surface area (Å²) in [5.74, 6) is -4.88. The maximum Gasteiger partial charge on any atom is 0.453 e. The Labute approximate surface area is 169 Å². The van der Waals surface area contributed by atoms with Crippen molar-refractivity contribution >= 4 is 26.0 Å². The van der Waals surface area contributed by atoms with Crippen molar-refractivity contribution in [2.45, 2.75) is 18.0 Å². The van der Waals surface area contributed by atoms with E-state index < -0.39 is 49.6 Å². The zero-order chi connectivity index (χ0) is 21.7. The van der Waals surface area contributed by atoms with Crippen molar-refractivity contribution in [2.75, 3.05) is 0 Å². The van der Waals surface area contributed by atoms with Gasteiger partial charge in [-0.1, -0.05) is 33.2 Å². The molecule has 0 saturated heterocycles. The van der Waals surface area contributed by atoms with E-state index in [-0.39, 0.29) is 11.3 Å². The molecular formula is C17H10BrF5N2O3S. The van der Waals surface area contributed by atoms with E-state index in [0.717, 1.165) is 5.56 Å². The number of sulfonamides is 1. The van der Waals surface area contributed by atoms with Crippen LogP contribution in [-0.2, 0) is 16.2 Å². The molecule has 0 saturated carbocycles. The first-order valence-electron chi connectivity index (χ1n) is 7.66. The molecule has 0 spiro atoms. The van der Waals surface area contributed by atoms with Crippen molar-refractivity contribution in [3.63, 3.8) is 0 Å². The second-order valence-electron chi connectivity index (χ2n) is 6.01. The van der Waals surface area contributed by atoms with Gasteiger partial charge in [0.05, 0.1) is 5.56 Å². The molecule has 5 nitrogen and oxygen atoms in total. The third kappa shape index (κ3) is 4.05. The van der Waals surface area contributed by atoms with Gasteiger partial charge in [0.1, 0.15) is 17.3 Å². The Morgan fingerprint density at radius 1 is 1.07 bits per heavy atom. The molecule has 1 aromatic heterocycles. The SMILES string of the molecule is Cc1ccc(-c2noc(C(F)(F)F)c2-c2cc(F)c(S(N)(=O)=O)c(F)c2)cc1Br. The monoisotopic (exact) mass is 496 g/mol. The Kier molecular flexibility index (Phi) is 5.30. The zero-order valence-corrected chi connectivity index (χ0v) is 16.7. The molecule has 2 aromatic carbocycles. The van der Waals surface area contributed by atoms with E-state index in [1.807, 2.05) is 0 Å². The smallest absolute Gasteiger partial charge is 0.350 e. The maximum absolute atomic E-state index is 14.2. The third-order valence-corrected chi connectivity index (χ3v) is 5.78. The molecule has 0 radical (unpaired) electrons. The van der Waals surface area contributed by atoms with Crippen LogP contribution in [0.3, 0.4) is 0 Å². The van der Waals surface area contributed by atoms with Crippen LogP contribution in [0.4, 0.5) is 22.0 Å². The highest BCUT2D eigenvalue weighted by atomic mass is 79.9. The summed E-state index contributed by atoms with van der Waals surface area (Å²) < 4.78 is 96.4. The molecule has 0 atom stereocenters. The minimum Gasteiger partial charge on any atom is -0.350 e. The van der Waals surface area contributed by atoms with Crippen molar-refractivity contribution in [3.05, 3.63) is 57.8 Å². The number of nitrogens with zero attached hydrogens (tertiary/aromatic N) is 1. The number of hydrogen-bond donors (Lipinski definition) is 1. The van der Waals surface area contributed by atoms with Crippen LogP contribution in [-0.4, -0.2) is 13.6 Å². The van der Waals surface area contributed by atoms with E-state index in [2.05, 4.69) is 25.6 Å². The van der Waals surface area contributed by atoms with Gasteiger partial charge in [-0.05, 0) is 36.2 Å². The summed E-state index contributed by atoms with van der Waals surface area (Å²) in [6, 6.07) is 5.36. The van der Waals surface area contributed by atoms with Crippen LogP contribution in [0.15, 0.2) is 44.2 Å². The van der Waals surface area contributed by atoms with E-state index in [4.69, 9.17) is 5.14 Å². The lowest BCUT2D eigenvalue weighted by molar-refractivity contribution is -0.154. The van der Waals surface area contributed by atoms with Gasteiger partial charge in [0.2, 0.25) is 15.8 Å². The highest BCUT2D eigenvalue weighted by Gasteiger charge is 2.41. The van der Waals surface area contributed by atoms with Crippen molar-refractivity contribution in [1.29, 1.82) is 0 Å². The number of aryl methyl sites for hydroxylation is 1. The number of benzene rings is 2. The number of primary sulfonamides is 1. The molecule has 0 unspecified atom stereocenters. The number of halogens is 6. The molecule has 0 aliphatic rings. The lowest BCUT2D eigenvalue weighted by Gasteiger charge is -2.10. The van der Waals surface area contributed by atoms with E-state index in [0.29, 0.717) is 16.6 Å². The molecule has 154 valence electrons. The summed E-state index contributed by atoms with van der Waals surface area (Å²) in [6.45, 7) is 1.75. The van der Waals surface area contributed by atoms with Crippen LogP contribution >= 0.6 is 15.9 Å². The van der Waals surface area contributed by atoms with E-state index in [9.17, 15) is 30.4 Å². The van der Waals surface area contributed by atoms with Crippen LogP contribution in [0.2, 0.25) is 0 Å². The molecular weight excluding hydrogens is 487 g/mol. The number of aromatic nitrogens is 1. The zero-order valence-electron chi connectivity index (χ0n) is 14.3. The van der Waals surface area contributed by atoms with Gasteiger partial charge in [-0.3, -0.25) is 0 Å². The second-order valence-corrected chi connectivity index (χ2v) is 8.36. The molecule has 1 heterocycles. The standard InChI is InChI=1S/C17H10BrF5N2O3S/c1-7-2-3-8(4-10(7)18)14-13(16(28-25-14)17(21,22)23)9-5-11(19)15(12(20)6-9)29(24,26)27/h2-6H,1H3,(H2,24,26,27). The molecule has 0 bridgehead atoms. The largest absolute Gasteiger partial charge is 0.453 e. The van der Waals surface area contributed by atoms with Gasteiger partial charge in [-0.15, -0.1) is 0 Å². The van der Waals surface area contributed by atoms with E-state index in [1.54, 1.807) is 13.0 Å². The Morgan fingerprint density at radius 3 is 2.14 bits per heavy atom. The lowest BCUT2D eigenvalue weighted by Crippen LogP contribution is -2.16. The van der Waals surface area contributed by atoms with Crippen LogP contribution < -0.4 is 5.14 Å². The minimum absolute atomic E-state index is 0.174. The summed E-state index contributed by atoms with van der Waals surface area (Å²) in [7, 11) is -4.78.